The van der Waals surface area contributed by atoms with Crippen LogP contribution >= 0.6 is 15.9 Å². The van der Waals surface area contributed by atoms with Crippen LogP contribution in [0.25, 0.3) is 0 Å². The Morgan fingerprint density at radius 2 is 1.87 bits per heavy atom. The first-order chi connectivity index (χ1) is 11.0. The van der Waals surface area contributed by atoms with Gasteiger partial charge in [-0.25, -0.2) is 0 Å². The van der Waals surface area contributed by atoms with E-state index >= 15 is 0 Å². The molecule has 0 heterocycles. The molecule has 0 saturated heterocycles. The molecule has 1 N–H and O–H groups in total. The standard InChI is InChI=1S/C19H22BrNO2/c1-13-4-5-14(2)18(12-13)23-11-10-19(22)21-15(3)16-6-8-17(20)9-7-16/h4-9,12,15H,10-11H2,1-3H3,(H,21,22)/t15-/m1/s1. The van der Waals surface area contributed by atoms with Gasteiger partial charge in [0.05, 0.1) is 19.1 Å². The number of hydrogen-bond donors (Lipinski definition) is 1. The van der Waals surface area contributed by atoms with Gasteiger partial charge in [0.2, 0.25) is 5.91 Å². The molecule has 23 heavy (non-hydrogen) atoms. The smallest absolute Gasteiger partial charge is 0.223 e. The lowest BCUT2D eigenvalue weighted by Gasteiger charge is -2.15. The molecule has 0 saturated carbocycles. The van der Waals surface area contributed by atoms with Crippen LogP contribution in [0.1, 0.15) is 36.1 Å². The summed E-state index contributed by atoms with van der Waals surface area (Å²) in [5.74, 6) is 0.837. The molecule has 3 nitrogen and oxygen atoms in total. The summed E-state index contributed by atoms with van der Waals surface area (Å²) in [6, 6.07) is 14.0. The molecule has 0 aliphatic rings. The number of benzene rings is 2. The molecular formula is C19H22BrNO2. The maximum atomic E-state index is 12.0. The van der Waals surface area contributed by atoms with E-state index in [1.807, 2.05) is 57.2 Å². The fourth-order valence-corrected chi connectivity index (χ4v) is 2.53. The normalized spacial score (nSPS) is 11.8. The van der Waals surface area contributed by atoms with Crippen molar-refractivity contribution in [1.82, 2.24) is 5.32 Å². The third-order valence-corrected chi connectivity index (χ3v) is 4.21. The molecule has 0 fully saturated rings. The minimum Gasteiger partial charge on any atom is -0.493 e. The highest BCUT2D eigenvalue weighted by Gasteiger charge is 2.10. The van der Waals surface area contributed by atoms with Gasteiger partial charge >= 0.3 is 0 Å². The van der Waals surface area contributed by atoms with Gasteiger partial charge in [-0.3, -0.25) is 4.79 Å². The maximum absolute atomic E-state index is 12.0. The highest BCUT2D eigenvalue weighted by molar-refractivity contribution is 9.10. The van der Waals surface area contributed by atoms with E-state index in [9.17, 15) is 4.79 Å². The highest BCUT2D eigenvalue weighted by atomic mass is 79.9. The Bertz CT molecular complexity index is 668. The topological polar surface area (TPSA) is 38.3 Å². The summed E-state index contributed by atoms with van der Waals surface area (Å²) in [7, 11) is 0. The van der Waals surface area contributed by atoms with Crippen molar-refractivity contribution in [3.05, 3.63) is 63.6 Å². The third kappa shape index (κ3) is 5.39. The van der Waals surface area contributed by atoms with E-state index in [0.29, 0.717) is 13.0 Å². The second kappa shape index (κ2) is 8.16. The zero-order chi connectivity index (χ0) is 16.8. The number of amides is 1. The van der Waals surface area contributed by atoms with Gasteiger partial charge in [0.1, 0.15) is 5.75 Å². The van der Waals surface area contributed by atoms with Gasteiger partial charge in [-0.15, -0.1) is 0 Å². The van der Waals surface area contributed by atoms with Crippen molar-refractivity contribution in [3.8, 4) is 5.75 Å². The largest absolute Gasteiger partial charge is 0.493 e. The first-order valence-corrected chi connectivity index (χ1v) is 8.50. The summed E-state index contributed by atoms with van der Waals surface area (Å²) in [4.78, 5) is 12.0. The third-order valence-electron chi connectivity index (χ3n) is 3.68. The average Bonchev–Trinajstić information content (AvgIpc) is 2.51. The molecule has 2 aromatic rings. The van der Waals surface area contributed by atoms with Gasteiger partial charge < -0.3 is 10.1 Å². The molecule has 0 radical (unpaired) electrons. The van der Waals surface area contributed by atoms with E-state index in [4.69, 9.17) is 4.74 Å². The number of hydrogen-bond acceptors (Lipinski definition) is 2. The summed E-state index contributed by atoms with van der Waals surface area (Å²) in [5, 5.41) is 2.99. The fourth-order valence-electron chi connectivity index (χ4n) is 2.26. The van der Waals surface area contributed by atoms with Crippen LogP contribution in [0.3, 0.4) is 0 Å². The van der Waals surface area contributed by atoms with Crippen molar-refractivity contribution >= 4 is 21.8 Å². The summed E-state index contributed by atoms with van der Waals surface area (Å²) in [6.07, 6.45) is 0.342. The Hall–Kier alpha value is -1.81. The Kier molecular flexibility index (Phi) is 6.22. The van der Waals surface area contributed by atoms with Crippen LogP contribution < -0.4 is 10.1 Å². The van der Waals surface area contributed by atoms with Gasteiger partial charge in [-0.05, 0) is 55.7 Å². The van der Waals surface area contributed by atoms with Crippen molar-refractivity contribution in [1.29, 1.82) is 0 Å². The summed E-state index contributed by atoms with van der Waals surface area (Å²) in [6.45, 7) is 6.39. The van der Waals surface area contributed by atoms with Crippen LogP contribution in [0.15, 0.2) is 46.9 Å². The van der Waals surface area contributed by atoms with Crippen molar-refractivity contribution in [2.24, 2.45) is 0 Å². The fraction of sp³-hybridized carbons (Fsp3) is 0.316. The van der Waals surface area contributed by atoms with Crippen LogP contribution in [0.4, 0.5) is 0 Å². The Balaban J connectivity index is 1.81. The number of carbonyl (C=O) groups excluding carboxylic acids is 1. The molecule has 2 rings (SSSR count). The van der Waals surface area contributed by atoms with E-state index in [0.717, 1.165) is 26.9 Å². The van der Waals surface area contributed by atoms with Crippen molar-refractivity contribution in [2.75, 3.05) is 6.61 Å². The van der Waals surface area contributed by atoms with Gasteiger partial charge in [0, 0.05) is 4.47 Å². The molecule has 4 heteroatoms. The van der Waals surface area contributed by atoms with E-state index in [2.05, 4.69) is 27.3 Å². The summed E-state index contributed by atoms with van der Waals surface area (Å²) < 4.78 is 6.75. The second-order valence-corrected chi connectivity index (χ2v) is 6.62. The maximum Gasteiger partial charge on any atom is 0.223 e. The van der Waals surface area contributed by atoms with Crippen molar-refractivity contribution in [2.45, 2.75) is 33.2 Å². The number of halogens is 1. The highest BCUT2D eigenvalue weighted by Crippen LogP contribution is 2.19. The molecule has 0 aromatic heterocycles. The molecule has 0 unspecified atom stereocenters. The molecule has 122 valence electrons. The van der Waals surface area contributed by atoms with Crippen LogP contribution in [0.2, 0.25) is 0 Å². The Morgan fingerprint density at radius 1 is 1.17 bits per heavy atom. The van der Waals surface area contributed by atoms with E-state index in [-0.39, 0.29) is 11.9 Å². The minimum atomic E-state index is -0.0173. The number of aryl methyl sites for hydroxylation is 2. The first kappa shape index (κ1) is 17.5. The molecule has 0 aliphatic carbocycles. The van der Waals surface area contributed by atoms with Gasteiger partial charge in [0.15, 0.2) is 0 Å². The van der Waals surface area contributed by atoms with Crippen LogP contribution in [0.5, 0.6) is 5.75 Å². The lowest BCUT2D eigenvalue weighted by atomic mass is 10.1. The van der Waals surface area contributed by atoms with Crippen LogP contribution in [0, 0.1) is 13.8 Å². The van der Waals surface area contributed by atoms with E-state index in [1.165, 1.54) is 0 Å². The van der Waals surface area contributed by atoms with Crippen molar-refractivity contribution < 1.29 is 9.53 Å². The molecule has 0 aliphatic heterocycles. The van der Waals surface area contributed by atoms with Crippen LogP contribution in [-0.2, 0) is 4.79 Å². The number of carbonyl (C=O) groups is 1. The molecular weight excluding hydrogens is 354 g/mol. The molecule has 0 bridgehead atoms. The zero-order valence-electron chi connectivity index (χ0n) is 13.7. The van der Waals surface area contributed by atoms with Gasteiger partial charge in [-0.2, -0.15) is 0 Å². The predicted molar refractivity (Wildman–Crippen MR) is 96.7 cm³/mol. The van der Waals surface area contributed by atoms with Crippen LogP contribution in [-0.4, -0.2) is 12.5 Å². The van der Waals surface area contributed by atoms with Crippen molar-refractivity contribution in [3.63, 3.8) is 0 Å². The van der Waals surface area contributed by atoms with Gasteiger partial charge in [0.25, 0.3) is 0 Å². The predicted octanol–water partition coefficient (Wildman–Crippen LogP) is 4.71. The number of nitrogens with one attached hydrogen (secondary N) is 1. The molecule has 1 amide bonds. The second-order valence-electron chi connectivity index (χ2n) is 5.71. The first-order valence-electron chi connectivity index (χ1n) is 7.70. The summed E-state index contributed by atoms with van der Waals surface area (Å²) >= 11 is 3.41. The molecule has 1 atom stereocenters. The van der Waals surface area contributed by atoms with E-state index < -0.39 is 0 Å². The Morgan fingerprint density at radius 3 is 2.57 bits per heavy atom. The Labute approximate surface area is 146 Å². The minimum absolute atomic E-state index is 0.00859. The SMILES string of the molecule is Cc1ccc(C)c(OCCC(=O)N[C@H](C)c2ccc(Br)cc2)c1. The van der Waals surface area contributed by atoms with Gasteiger partial charge in [-0.1, -0.05) is 40.2 Å². The van der Waals surface area contributed by atoms with E-state index in [1.54, 1.807) is 0 Å². The molecule has 0 spiro atoms. The zero-order valence-corrected chi connectivity index (χ0v) is 15.3. The number of ether oxygens (including phenoxy) is 1. The quantitative estimate of drug-likeness (QED) is 0.793. The average molecular weight is 376 g/mol. The summed E-state index contributed by atoms with van der Waals surface area (Å²) in [5.41, 5.74) is 3.31. The lowest BCUT2D eigenvalue weighted by molar-refractivity contribution is -0.122. The number of rotatable bonds is 6. The lowest BCUT2D eigenvalue weighted by Crippen LogP contribution is -2.27. The monoisotopic (exact) mass is 375 g/mol. The molecule has 2 aromatic carbocycles.